The van der Waals surface area contributed by atoms with Gasteiger partial charge < -0.3 is 0 Å². The molecular weight excluding hydrogens is 192 g/mol. The van der Waals surface area contributed by atoms with Crippen molar-refractivity contribution < 1.29 is 13.7 Å². The Labute approximate surface area is 81.3 Å². The molecule has 0 aliphatic heterocycles. The van der Waals surface area contributed by atoms with Gasteiger partial charge in [-0.15, -0.1) is 0 Å². The van der Waals surface area contributed by atoms with Crippen molar-refractivity contribution in [3.63, 3.8) is 0 Å². The molecule has 0 heterocycles. The standard InChI is InChI=1S/C9H13F2NO2/c1-4-6(2)8(11)5-9(7(3)10)12(13)14/h5,7H,4H2,1-3H3/b8-6+,9-5+. The quantitative estimate of drug-likeness (QED) is 0.402. The van der Waals surface area contributed by atoms with E-state index >= 15 is 0 Å². The Morgan fingerprint density at radius 1 is 1.64 bits per heavy atom. The van der Waals surface area contributed by atoms with Crippen LogP contribution in [-0.4, -0.2) is 11.1 Å². The highest BCUT2D eigenvalue weighted by Gasteiger charge is 2.20. The highest BCUT2D eigenvalue weighted by atomic mass is 19.1. The highest BCUT2D eigenvalue weighted by Crippen LogP contribution is 2.16. The van der Waals surface area contributed by atoms with Crippen molar-refractivity contribution in [1.29, 1.82) is 0 Å². The maximum atomic E-state index is 13.1. The van der Waals surface area contributed by atoms with Crippen molar-refractivity contribution in [3.05, 3.63) is 33.3 Å². The molecule has 0 aromatic carbocycles. The molecule has 0 aromatic rings. The number of alkyl halides is 1. The molecule has 0 rings (SSSR count). The van der Waals surface area contributed by atoms with E-state index in [0.717, 1.165) is 6.92 Å². The molecule has 5 heteroatoms. The van der Waals surface area contributed by atoms with Crippen LogP contribution in [0.15, 0.2) is 23.2 Å². The lowest BCUT2D eigenvalue weighted by atomic mass is 10.2. The topological polar surface area (TPSA) is 43.1 Å². The number of nitrogens with zero attached hydrogens (tertiary/aromatic N) is 1. The molecule has 0 radical (unpaired) electrons. The molecule has 0 saturated heterocycles. The number of hydrogen-bond acceptors (Lipinski definition) is 2. The summed E-state index contributed by atoms with van der Waals surface area (Å²) in [6, 6.07) is 0. The Balaban J connectivity index is 5.02. The average molecular weight is 205 g/mol. The Hall–Kier alpha value is -1.26. The van der Waals surface area contributed by atoms with E-state index in [-0.39, 0.29) is 0 Å². The van der Waals surface area contributed by atoms with E-state index in [1.165, 1.54) is 6.92 Å². The van der Waals surface area contributed by atoms with Gasteiger partial charge in [0.25, 0.3) is 5.70 Å². The third-order valence-corrected chi connectivity index (χ3v) is 1.83. The van der Waals surface area contributed by atoms with E-state index in [4.69, 9.17) is 0 Å². The van der Waals surface area contributed by atoms with Crippen LogP contribution in [0.1, 0.15) is 27.2 Å². The second-order valence-electron chi connectivity index (χ2n) is 2.92. The summed E-state index contributed by atoms with van der Waals surface area (Å²) in [5.74, 6) is -0.733. The molecule has 0 aliphatic rings. The van der Waals surface area contributed by atoms with Gasteiger partial charge in [-0.25, -0.2) is 8.78 Å². The number of halogens is 2. The minimum atomic E-state index is -1.78. The lowest BCUT2D eigenvalue weighted by molar-refractivity contribution is -0.433. The molecule has 0 fully saturated rings. The fraction of sp³-hybridized carbons (Fsp3) is 0.556. The van der Waals surface area contributed by atoms with Crippen molar-refractivity contribution in [1.82, 2.24) is 0 Å². The van der Waals surface area contributed by atoms with Gasteiger partial charge >= 0.3 is 0 Å². The molecule has 0 spiro atoms. The normalized spacial score (nSPS) is 16.2. The number of allylic oxidation sites excluding steroid dienone is 4. The summed E-state index contributed by atoms with van der Waals surface area (Å²) < 4.78 is 25.7. The highest BCUT2D eigenvalue weighted by molar-refractivity contribution is 5.21. The van der Waals surface area contributed by atoms with Crippen molar-refractivity contribution in [2.24, 2.45) is 0 Å². The van der Waals surface area contributed by atoms with Crippen LogP contribution in [0.3, 0.4) is 0 Å². The van der Waals surface area contributed by atoms with Crippen molar-refractivity contribution in [2.75, 3.05) is 0 Å². The van der Waals surface area contributed by atoms with Crippen LogP contribution in [0.2, 0.25) is 0 Å². The predicted molar refractivity (Wildman–Crippen MR) is 49.7 cm³/mol. The number of hydrogen-bond donors (Lipinski definition) is 0. The number of rotatable bonds is 4. The first kappa shape index (κ1) is 12.7. The van der Waals surface area contributed by atoms with E-state index in [1.54, 1.807) is 6.92 Å². The minimum absolute atomic E-state index is 0.366. The summed E-state index contributed by atoms with van der Waals surface area (Å²) in [5, 5.41) is 10.3. The molecule has 14 heavy (non-hydrogen) atoms. The van der Waals surface area contributed by atoms with Gasteiger partial charge in [0.1, 0.15) is 5.83 Å². The second kappa shape index (κ2) is 5.47. The zero-order valence-electron chi connectivity index (χ0n) is 8.38. The third-order valence-electron chi connectivity index (χ3n) is 1.83. The van der Waals surface area contributed by atoms with Gasteiger partial charge in [-0.3, -0.25) is 10.1 Å². The summed E-state index contributed by atoms with van der Waals surface area (Å²) in [5.41, 5.74) is -0.389. The summed E-state index contributed by atoms with van der Waals surface area (Å²) >= 11 is 0. The Morgan fingerprint density at radius 3 is 2.43 bits per heavy atom. The smallest absolute Gasteiger partial charge is 0.259 e. The molecular formula is C9H13F2NO2. The molecule has 3 nitrogen and oxygen atoms in total. The van der Waals surface area contributed by atoms with Crippen LogP contribution in [0.4, 0.5) is 8.78 Å². The van der Waals surface area contributed by atoms with E-state index < -0.39 is 22.6 Å². The first-order chi connectivity index (χ1) is 6.40. The van der Waals surface area contributed by atoms with Crippen LogP contribution in [0, 0.1) is 10.1 Å². The lowest BCUT2D eigenvalue weighted by Gasteiger charge is -1.99. The van der Waals surface area contributed by atoms with Crippen LogP contribution in [0.5, 0.6) is 0 Å². The Kier molecular flexibility index (Phi) is 4.97. The van der Waals surface area contributed by atoms with E-state index in [9.17, 15) is 18.9 Å². The molecule has 0 N–H and O–H groups in total. The van der Waals surface area contributed by atoms with Crippen LogP contribution < -0.4 is 0 Å². The van der Waals surface area contributed by atoms with Gasteiger partial charge in [0, 0.05) is 0 Å². The summed E-state index contributed by atoms with van der Waals surface area (Å²) in [6.07, 6.45) is -0.697. The van der Waals surface area contributed by atoms with Gasteiger partial charge in [0.15, 0.2) is 6.17 Å². The zero-order chi connectivity index (χ0) is 11.3. The third kappa shape index (κ3) is 3.64. The molecule has 0 bridgehead atoms. The summed E-state index contributed by atoms with van der Waals surface area (Å²) in [7, 11) is 0. The second-order valence-corrected chi connectivity index (χ2v) is 2.92. The van der Waals surface area contributed by atoms with Crippen LogP contribution in [0.25, 0.3) is 0 Å². The summed E-state index contributed by atoms with van der Waals surface area (Å²) in [6.45, 7) is 4.23. The SMILES string of the molecule is CC/C(C)=C(F)\C=C(/C(C)F)[N+](=O)[O-]. The predicted octanol–water partition coefficient (Wildman–Crippen LogP) is 3.16. The van der Waals surface area contributed by atoms with E-state index in [2.05, 4.69) is 0 Å². The van der Waals surface area contributed by atoms with Gasteiger partial charge in [0.2, 0.25) is 0 Å². The Bertz CT molecular complexity index is 283. The fourth-order valence-electron chi connectivity index (χ4n) is 0.735. The van der Waals surface area contributed by atoms with Crippen molar-refractivity contribution in [3.8, 4) is 0 Å². The van der Waals surface area contributed by atoms with Gasteiger partial charge in [-0.05, 0) is 25.8 Å². The summed E-state index contributed by atoms with van der Waals surface area (Å²) in [4.78, 5) is 9.39. The van der Waals surface area contributed by atoms with E-state index in [0.29, 0.717) is 18.1 Å². The van der Waals surface area contributed by atoms with Crippen LogP contribution in [-0.2, 0) is 0 Å². The Morgan fingerprint density at radius 2 is 2.14 bits per heavy atom. The van der Waals surface area contributed by atoms with Crippen molar-refractivity contribution in [2.45, 2.75) is 33.4 Å². The van der Waals surface area contributed by atoms with E-state index in [1.807, 2.05) is 0 Å². The molecule has 1 atom stereocenters. The largest absolute Gasteiger partial charge is 0.282 e. The van der Waals surface area contributed by atoms with Crippen molar-refractivity contribution >= 4 is 0 Å². The van der Waals surface area contributed by atoms with Gasteiger partial charge in [0.05, 0.1) is 11.0 Å². The first-order valence-corrected chi connectivity index (χ1v) is 4.25. The fourth-order valence-corrected chi connectivity index (χ4v) is 0.735. The lowest BCUT2D eigenvalue weighted by Crippen LogP contribution is -2.09. The molecule has 0 aromatic heterocycles. The van der Waals surface area contributed by atoms with Crippen LogP contribution >= 0.6 is 0 Å². The first-order valence-electron chi connectivity index (χ1n) is 4.25. The molecule has 0 aliphatic carbocycles. The minimum Gasteiger partial charge on any atom is -0.259 e. The molecule has 0 amide bonds. The van der Waals surface area contributed by atoms with Gasteiger partial charge in [-0.2, -0.15) is 0 Å². The molecule has 0 saturated carbocycles. The molecule has 1 unspecified atom stereocenters. The van der Waals surface area contributed by atoms with Gasteiger partial charge in [-0.1, -0.05) is 6.92 Å². The average Bonchev–Trinajstić information content (AvgIpc) is 2.11. The maximum Gasteiger partial charge on any atom is 0.282 e. The number of nitro groups is 1. The molecule has 80 valence electrons. The monoisotopic (exact) mass is 205 g/mol. The zero-order valence-corrected chi connectivity index (χ0v) is 8.38. The maximum absolute atomic E-state index is 13.1.